The van der Waals surface area contributed by atoms with Gasteiger partial charge in [0.05, 0.1) is 18.1 Å². The van der Waals surface area contributed by atoms with E-state index in [1.165, 1.54) is 5.69 Å². The van der Waals surface area contributed by atoms with Gasteiger partial charge in [-0.3, -0.25) is 4.79 Å². The van der Waals surface area contributed by atoms with Gasteiger partial charge in [0.25, 0.3) is 0 Å². The number of hydrogen-bond acceptors (Lipinski definition) is 3. The van der Waals surface area contributed by atoms with Crippen molar-refractivity contribution in [1.29, 1.82) is 0 Å². The first-order valence-electron chi connectivity index (χ1n) is 5.13. The number of imidazole rings is 1. The number of aliphatic carboxylic acids is 1. The first-order valence-corrected chi connectivity index (χ1v) is 5.13. The minimum absolute atomic E-state index is 0.103. The van der Waals surface area contributed by atoms with Gasteiger partial charge in [-0.2, -0.15) is 0 Å². The summed E-state index contributed by atoms with van der Waals surface area (Å²) in [7, 11) is 1.98. The minimum atomic E-state index is -0.750. The number of aromatic nitrogens is 2. The van der Waals surface area contributed by atoms with Crippen molar-refractivity contribution in [2.24, 2.45) is 7.05 Å². The molecule has 5 heteroatoms. The molecule has 0 aromatic carbocycles. The molecule has 2 heterocycles. The lowest BCUT2D eigenvalue weighted by atomic mass is 10.0. The summed E-state index contributed by atoms with van der Waals surface area (Å²) in [5.41, 5.74) is 2.24. The van der Waals surface area contributed by atoms with Gasteiger partial charge in [0.15, 0.2) is 0 Å². The Bertz CT molecular complexity index is 373. The third-order valence-corrected chi connectivity index (χ3v) is 2.82. The van der Waals surface area contributed by atoms with E-state index >= 15 is 0 Å². The average molecular weight is 209 g/mol. The lowest BCUT2D eigenvalue weighted by Gasteiger charge is -2.23. The normalized spacial score (nSPS) is 19.9. The second-order valence-electron chi connectivity index (χ2n) is 3.88. The van der Waals surface area contributed by atoms with Crippen molar-refractivity contribution >= 4 is 5.97 Å². The molecule has 1 atom stereocenters. The van der Waals surface area contributed by atoms with Crippen molar-refractivity contribution in [1.82, 2.24) is 14.9 Å². The highest BCUT2D eigenvalue weighted by atomic mass is 16.4. The first kappa shape index (κ1) is 10.2. The molecule has 82 valence electrons. The molecule has 0 aliphatic carbocycles. The van der Waals surface area contributed by atoms with Crippen molar-refractivity contribution in [2.75, 3.05) is 6.54 Å². The zero-order chi connectivity index (χ0) is 10.8. The Balaban J connectivity index is 2.12. The predicted octanol–water partition coefficient (Wildman–Crippen LogP) is 0.472. The number of carboxylic acids is 1. The molecule has 2 rings (SSSR count). The van der Waals surface area contributed by atoms with Crippen LogP contribution in [0.1, 0.15) is 30.3 Å². The molecule has 2 N–H and O–H groups in total. The Hall–Kier alpha value is -1.36. The number of carboxylic acid groups (broad SMARTS) is 1. The summed E-state index contributed by atoms with van der Waals surface area (Å²) >= 11 is 0. The summed E-state index contributed by atoms with van der Waals surface area (Å²) in [6.45, 7) is 0.900. The van der Waals surface area contributed by atoms with Crippen molar-refractivity contribution < 1.29 is 9.90 Å². The van der Waals surface area contributed by atoms with Crippen LogP contribution in [-0.2, 0) is 18.3 Å². The summed E-state index contributed by atoms with van der Waals surface area (Å²) in [5.74, 6) is -0.750. The van der Waals surface area contributed by atoms with Crippen LogP contribution in [0.25, 0.3) is 0 Å². The summed E-state index contributed by atoms with van der Waals surface area (Å²) in [6.07, 6.45) is 3.56. The van der Waals surface area contributed by atoms with Crippen LogP contribution in [0, 0.1) is 0 Å². The minimum Gasteiger partial charge on any atom is -0.481 e. The highest BCUT2D eigenvalue weighted by molar-refractivity contribution is 5.66. The summed E-state index contributed by atoms with van der Waals surface area (Å²) in [4.78, 5) is 14.8. The van der Waals surface area contributed by atoms with E-state index in [1.807, 2.05) is 11.6 Å². The molecule has 5 nitrogen and oxygen atoms in total. The number of rotatable bonds is 3. The molecule has 0 spiro atoms. The van der Waals surface area contributed by atoms with Gasteiger partial charge in [-0.1, -0.05) is 0 Å². The molecule has 1 aromatic rings. The van der Waals surface area contributed by atoms with Crippen LogP contribution in [0.4, 0.5) is 0 Å². The number of hydrogen-bond donors (Lipinski definition) is 2. The van der Waals surface area contributed by atoms with Crippen LogP contribution in [0.5, 0.6) is 0 Å². The topological polar surface area (TPSA) is 67.2 Å². The third-order valence-electron chi connectivity index (χ3n) is 2.82. The SMILES string of the molecule is Cn1cnc2c1CCNC2CCC(=O)O. The Kier molecular flexibility index (Phi) is 2.73. The fraction of sp³-hybridized carbons (Fsp3) is 0.600. The number of carbonyl (C=O) groups is 1. The lowest BCUT2D eigenvalue weighted by molar-refractivity contribution is -0.137. The van der Waals surface area contributed by atoms with Crippen LogP contribution in [0.3, 0.4) is 0 Å². The van der Waals surface area contributed by atoms with Crippen molar-refractivity contribution in [3.8, 4) is 0 Å². The lowest BCUT2D eigenvalue weighted by Crippen LogP contribution is -2.31. The molecule has 0 radical (unpaired) electrons. The Labute approximate surface area is 88.1 Å². The molecule has 0 saturated heterocycles. The highest BCUT2D eigenvalue weighted by Crippen LogP contribution is 2.24. The average Bonchev–Trinajstić information content (AvgIpc) is 2.58. The smallest absolute Gasteiger partial charge is 0.303 e. The van der Waals surface area contributed by atoms with E-state index in [2.05, 4.69) is 10.3 Å². The summed E-state index contributed by atoms with van der Waals surface area (Å²) < 4.78 is 2.02. The van der Waals surface area contributed by atoms with Crippen LogP contribution in [0.15, 0.2) is 6.33 Å². The number of fused-ring (bicyclic) bond motifs is 1. The van der Waals surface area contributed by atoms with E-state index in [0.717, 1.165) is 18.7 Å². The van der Waals surface area contributed by atoms with Gasteiger partial charge < -0.3 is 15.0 Å². The molecular weight excluding hydrogens is 194 g/mol. The van der Waals surface area contributed by atoms with E-state index < -0.39 is 5.97 Å². The van der Waals surface area contributed by atoms with Crippen molar-refractivity contribution in [3.05, 3.63) is 17.7 Å². The van der Waals surface area contributed by atoms with E-state index in [9.17, 15) is 4.79 Å². The quantitative estimate of drug-likeness (QED) is 0.759. The van der Waals surface area contributed by atoms with Crippen LogP contribution < -0.4 is 5.32 Å². The molecule has 1 aliphatic rings. The van der Waals surface area contributed by atoms with Gasteiger partial charge in [-0.05, 0) is 6.42 Å². The van der Waals surface area contributed by atoms with E-state index in [0.29, 0.717) is 6.42 Å². The Morgan fingerprint density at radius 3 is 3.33 bits per heavy atom. The zero-order valence-electron chi connectivity index (χ0n) is 8.73. The van der Waals surface area contributed by atoms with Crippen LogP contribution >= 0.6 is 0 Å². The predicted molar refractivity (Wildman–Crippen MR) is 54.5 cm³/mol. The highest BCUT2D eigenvalue weighted by Gasteiger charge is 2.23. The molecule has 0 bridgehead atoms. The molecule has 1 aromatic heterocycles. The Morgan fingerprint density at radius 2 is 2.60 bits per heavy atom. The molecule has 0 saturated carbocycles. The van der Waals surface area contributed by atoms with Gasteiger partial charge in [-0.15, -0.1) is 0 Å². The largest absolute Gasteiger partial charge is 0.481 e. The van der Waals surface area contributed by atoms with Gasteiger partial charge >= 0.3 is 5.97 Å². The van der Waals surface area contributed by atoms with Crippen LogP contribution in [0.2, 0.25) is 0 Å². The van der Waals surface area contributed by atoms with Gasteiger partial charge in [0.1, 0.15) is 0 Å². The number of nitrogens with one attached hydrogen (secondary N) is 1. The van der Waals surface area contributed by atoms with Gasteiger partial charge in [0.2, 0.25) is 0 Å². The number of nitrogens with zero attached hydrogens (tertiary/aromatic N) is 2. The maximum absolute atomic E-state index is 10.5. The molecule has 15 heavy (non-hydrogen) atoms. The summed E-state index contributed by atoms with van der Waals surface area (Å²) in [5, 5.41) is 11.9. The van der Waals surface area contributed by atoms with Crippen LogP contribution in [-0.4, -0.2) is 27.2 Å². The molecule has 0 amide bonds. The maximum atomic E-state index is 10.5. The molecule has 0 fully saturated rings. The molecular formula is C10H15N3O2. The van der Waals surface area contributed by atoms with Crippen molar-refractivity contribution in [2.45, 2.75) is 25.3 Å². The zero-order valence-corrected chi connectivity index (χ0v) is 8.73. The standard InChI is InChI=1S/C10H15N3O2/c1-13-6-12-10-7(2-3-9(14)15)11-5-4-8(10)13/h6-7,11H,2-5H2,1H3,(H,14,15). The maximum Gasteiger partial charge on any atom is 0.303 e. The number of aryl methyl sites for hydroxylation is 1. The fourth-order valence-corrected chi connectivity index (χ4v) is 2.04. The van der Waals surface area contributed by atoms with E-state index in [-0.39, 0.29) is 12.5 Å². The third kappa shape index (κ3) is 2.02. The second kappa shape index (κ2) is 4.02. The van der Waals surface area contributed by atoms with Gasteiger partial charge in [-0.25, -0.2) is 4.98 Å². The summed E-state index contributed by atoms with van der Waals surface area (Å²) in [6, 6.07) is 0.103. The fourth-order valence-electron chi connectivity index (χ4n) is 2.04. The monoisotopic (exact) mass is 209 g/mol. The van der Waals surface area contributed by atoms with E-state index in [1.54, 1.807) is 6.33 Å². The van der Waals surface area contributed by atoms with Gasteiger partial charge in [0, 0.05) is 32.1 Å². The first-order chi connectivity index (χ1) is 7.18. The molecule has 1 aliphatic heterocycles. The molecule has 1 unspecified atom stereocenters. The van der Waals surface area contributed by atoms with Crippen molar-refractivity contribution in [3.63, 3.8) is 0 Å². The van der Waals surface area contributed by atoms with E-state index in [4.69, 9.17) is 5.11 Å². The second-order valence-corrected chi connectivity index (χ2v) is 3.88. The Morgan fingerprint density at radius 1 is 1.80 bits per heavy atom.